The van der Waals surface area contributed by atoms with E-state index < -0.39 is 0 Å². The summed E-state index contributed by atoms with van der Waals surface area (Å²) >= 11 is 0. The van der Waals surface area contributed by atoms with Gasteiger partial charge in [-0.05, 0) is 71.6 Å². The molecule has 112 valence electrons. The fourth-order valence-electron chi connectivity index (χ4n) is 3.56. The first-order chi connectivity index (χ1) is 9.28. The summed E-state index contributed by atoms with van der Waals surface area (Å²) in [5, 5.41) is 7.46. The maximum Gasteiger partial charge on any atom is 0.00938 e. The molecule has 0 radical (unpaired) electrons. The van der Waals surface area contributed by atoms with Gasteiger partial charge in [0.25, 0.3) is 0 Å². The molecule has 2 N–H and O–H groups in total. The van der Waals surface area contributed by atoms with Crippen LogP contribution in [0.25, 0.3) is 0 Å². The van der Waals surface area contributed by atoms with Gasteiger partial charge in [0, 0.05) is 18.1 Å². The maximum absolute atomic E-state index is 3.86. The van der Waals surface area contributed by atoms with E-state index in [0.29, 0.717) is 6.04 Å². The third kappa shape index (κ3) is 5.41. The van der Waals surface area contributed by atoms with Crippen molar-refractivity contribution in [3.8, 4) is 0 Å². The molecule has 2 heterocycles. The lowest BCUT2D eigenvalue weighted by molar-refractivity contribution is 0.187. The number of piperidine rings is 1. The summed E-state index contributed by atoms with van der Waals surface area (Å²) in [6, 6.07) is 2.20. The molecule has 0 amide bonds. The monoisotopic (exact) mass is 267 g/mol. The van der Waals surface area contributed by atoms with E-state index in [1.165, 1.54) is 71.1 Å². The van der Waals surface area contributed by atoms with E-state index in [1.807, 2.05) is 0 Å². The van der Waals surface area contributed by atoms with Crippen molar-refractivity contribution in [2.45, 2.75) is 76.9 Å². The largest absolute Gasteiger partial charge is 0.314 e. The molecule has 2 atom stereocenters. The predicted octanol–water partition coefficient (Wildman–Crippen LogP) is 2.37. The van der Waals surface area contributed by atoms with Crippen molar-refractivity contribution in [1.29, 1.82) is 0 Å². The SMILES string of the molecule is CCCCN1CCC(NC(C)CC2CCCN2)CC1. The van der Waals surface area contributed by atoms with Crippen molar-refractivity contribution in [2.24, 2.45) is 0 Å². The number of hydrogen-bond acceptors (Lipinski definition) is 3. The number of likely N-dealkylation sites (tertiary alicyclic amines) is 1. The van der Waals surface area contributed by atoms with Crippen LogP contribution in [-0.4, -0.2) is 49.2 Å². The highest BCUT2D eigenvalue weighted by atomic mass is 15.1. The van der Waals surface area contributed by atoms with E-state index in [1.54, 1.807) is 0 Å². The standard InChI is InChI=1S/C16H33N3/c1-3-4-10-19-11-7-15(8-12-19)18-14(2)13-16-6-5-9-17-16/h14-18H,3-13H2,1-2H3. The average molecular weight is 267 g/mol. The molecule has 2 aliphatic heterocycles. The van der Waals surface area contributed by atoms with Gasteiger partial charge in [0.2, 0.25) is 0 Å². The van der Waals surface area contributed by atoms with Crippen molar-refractivity contribution in [3.63, 3.8) is 0 Å². The molecule has 0 spiro atoms. The molecule has 2 saturated heterocycles. The molecular weight excluding hydrogens is 234 g/mol. The van der Waals surface area contributed by atoms with Crippen LogP contribution in [0.2, 0.25) is 0 Å². The van der Waals surface area contributed by atoms with E-state index in [9.17, 15) is 0 Å². The molecule has 0 bridgehead atoms. The van der Waals surface area contributed by atoms with Gasteiger partial charge in [0.15, 0.2) is 0 Å². The Morgan fingerprint density at radius 1 is 1.26 bits per heavy atom. The average Bonchev–Trinajstić information content (AvgIpc) is 2.90. The van der Waals surface area contributed by atoms with Crippen LogP contribution >= 0.6 is 0 Å². The Morgan fingerprint density at radius 2 is 2.05 bits per heavy atom. The van der Waals surface area contributed by atoms with Gasteiger partial charge in [-0.1, -0.05) is 13.3 Å². The summed E-state index contributed by atoms with van der Waals surface area (Å²) < 4.78 is 0. The molecule has 0 saturated carbocycles. The van der Waals surface area contributed by atoms with E-state index in [2.05, 4.69) is 29.4 Å². The third-order valence-corrected chi connectivity index (χ3v) is 4.74. The number of rotatable bonds is 7. The normalized spacial score (nSPS) is 27.8. The number of nitrogens with zero attached hydrogens (tertiary/aromatic N) is 1. The van der Waals surface area contributed by atoms with Gasteiger partial charge >= 0.3 is 0 Å². The lowest BCUT2D eigenvalue weighted by atomic mass is 10.0. The highest BCUT2D eigenvalue weighted by Crippen LogP contribution is 2.15. The first-order valence-corrected chi connectivity index (χ1v) is 8.49. The Kier molecular flexibility index (Phi) is 6.62. The summed E-state index contributed by atoms with van der Waals surface area (Å²) in [4.78, 5) is 2.64. The van der Waals surface area contributed by atoms with Crippen LogP contribution in [-0.2, 0) is 0 Å². The van der Waals surface area contributed by atoms with Gasteiger partial charge in [-0.2, -0.15) is 0 Å². The van der Waals surface area contributed by atoms with Crippen LogP contribution in [0.1, 0.15) is 58.8 Å². The van der Waals surface area contributed by atoms with E-state index in [4.69, 9.17) is 0 Å². The minimum absolute atomic E-state index is 0.669. The Balaban J connectivity index is 1.59. The minimum atomic E-state index is 0.669. The lowest BCUT2D eigenvalue weighted by Gasteiger charge is -2.34. The summed E-state index contributed by atoms with van der Waals surface area (Å²) in [7, 11) is 0. The second-order valence-electron chi connectivity index (χ2n) is 6.57. The number of hydrogen-bond donors (Lipinski definition) is 2. The van der Waals surface area contributed by atoms with E-state index >= 15 is 0 Å². The summed E-state index contributed by atoms with van der Waals surface area (Å²) in [6.45, 7) is 9.78. The summed E-state index contributed by atoms with van der Waals surface area (Å²) in [6.07, 6.45) is 9.41. The predicted molar refractivity (Wildman–Crippen MR) is 82.6 cm³/mol. The van der Waals surface area contributed by atoms with Crippen molar-refractivity contribution in [3.05, 3.63) is 0 Å². The van der Waals surface area contributed by atoms with E-state index in [0.717, 1.165) is 12.1 Å². The van der Waals surface area contributed by atoms with Crippen molar-refractivity contribution in [2.75, 3.05) is 26.2 Å². The van der Waals surface area contributed by atoms with Crippen LogP contribution in [0.15, 0.2) is 0 Å². The fraction of sp³-hybridized carbons (Fsp3) is 1.00. The number of nitrogens with one attached hydrogen (secondary N) is 2. The molecule has 19 heavy (non-hydrogen) atoms. The molecule has 3 heteroatoms. The molecule has 2 unspecified atom stereocenters. The highest BCUT2D eigenvalue weighted by Gasteiger charge is 2.22. The second kappa shape index (κ2) is 8.23. The Morgan fingerprint density at radius 3 is 2.68 bits per heavy atom. The molecule has 2 rings (SSSR count). The zero-order chi connectivity index (χ0) is 13.5. The molecular formula is C16H33N3. The molecule has 3 nitrogen and oxygen atoms in total. The molecule has 2 fully saturated rings. The molecule has 0 aromatic rings. The maximum atomic E-state index is 3.86. The zero-order valence-electron chi connectivity index (χ0n) is 13.0. The Bertz CT molecular complexity index is 230. The van der Waals surface area contributed by atoms with Gasteiger partial charge in [-0.25, -0.2) is 0 Å². The Hall–Kier alpha value is -0.120. The lowest BCUT2D eigenvalue weighted by Crippen LogP contribution is -2.46. The van der Waals surface area contributed by atoms with Crippen LogP contribution in [0.5, 0.6) is 0 Å². The second-order valence-corrected chi connectivity index (χ2v) is 6.57. The quantitative estimate of drug-likeness (QED) is 0.741. The van der Waals surface area contributed by atoms with Gasteiger partial charge in [0.05, 0.1) is 0 Å². The molecule has 0 aromatic heterocycles. The topological polar surface area (TPSA) is 27.3 Å². The van der Waals surface area contributed by atoms with Crippen LogP contribution in [0.4, 0.5) is 0 Å². The first-order valence-electron chi connectivity index (χ1n) is 8.49. The minimum Gasteiger partial charge on any atom is -0.314 e. The van der Waals surface area contributed by atoms with Crippen LogP contribution < -0.4 is 10.6 Å². The summed E-state index contributed by atoms with van der Waals surface area (Å²) in [5.41, 5.74) is 0. The number of unbranched alkanes of at least 4 members (excludes halogenated alkanes) is 1. The zero-order valence-corrected chi connectivity index (χ0v) is 13.0. The fourth-order valence-corrected chi connectivity index (χ4v) is 3.56. The molecule has 2 aliphatic rings. The molecule has 0 aromatic carbocycles. The first kappa shape index (κ1) is 15.3. The van der Waals surface area contributed by atoms with Gasteiger partial charge in [-0.3, -0.25) is 0 Å². The van der Waals surface area contributed by atoms with Crippen molar-refractivity contribution < 1.29 is 0 Å². The third-order valence-electron chi connectivity index (χ3n) is 4.74. The van der Waals surface area contributed by atoms with E-state index in [-0.39, 0.29) is 0 Å². The van der Waals surface area contributed by atoms with Crippen LogP contribution in [0, 0.1) is 0 Å². The summed E-state index contributed by atoms with van der Waals surface area (Å²) in [5.74, 6) is 0. The van der Waals surface area contributed by atoms with Crippen LogP contribution in [0.3, 0.4) is 0 Å². The van der Waals surface area contributed by atoms with Crippen molar-refractivity contribution in [1.82, 2.24) is 15.5 Å². The smallest absolute Gasteiger partial charge is 0.00938 e. The molecule has 0 aliphatic carbocycles. The van der Waals surface area contributed by atoms with Gasteiger partial charge < -0.3 is 15.5 Å². The van der Waals surface area contributed by atoms with Gasteiger partial charge in [-0.15, -0.1) is 0 Å². The Labute approximate surface area is 119 Å². The van der Waals surface area contributed by atoms with Gasteiger partial charge in [0.1, 0.15) is 0 Å². The van der Waals surface area contributed by atoms with Crippen molar-refractivity contribution >= 4 is 0 Å². The highest BCUT2D eigenvalue weighted by molar-refractivity contribution is 4.83.